The molecule has 0 heterocycles. The Morgan fingerprint density at radius 3 is 2.24 bits per heavy atom. The summed E-state index contributed by atoms with van der Waals surface area (Å²) in [7, 11) is 0. The zero-order valence-electron chi connectivity index (χ0n) is 11.0. The predicted octanol–water partition coefficient (Wildman–Crippen LogP) is 4.50. The van der Waals surface area contributed by atoms with E-state index in [2.05, 4.69) is 0 Å². The molecule has 3 nitrogen and oxygen atoms in total. The van der Waals surface area contributed by atoms with Crippen molar-refractivity contribution in [1.29, 1.82) is 0 Å². The summed E-state index contributed by atoms with van der Waals surface area (Å²) in [4.78, 5) is 10.7. The molecule has 6 heteroatoms. The van der Waals surface area contributed by atoms with Crippen molar-refractivity contribution in [2.75, 3.05) is 5.75 Å². The summed E-state index contributed by atoms with van der Waals surface area (Å²) in [5.74, 6) is 2.02. The molecule has 2 aromatic carbocycles. The molecular formula is C15H13Cl2NO2S. The van der Waals surface area contributed by atoms with Crippen LogP contribution in [0.25, 0.3) is 0 Å². The third-order valence-corrected chi connectivity index (χ3v) is 3.97. The number of hydrogen-bond donors (Lipinski definition) is 1. The number of thioether (sulfide) groups is 1. The summed E-state index contributed by atoms with van der Waals surface area (Å²) in [6.07, 6.45) is 0. The second-order valence-electron chi connectivity index (χ2n) is 4.31. The highest BCUT2D eigenvalue weighted by atomic mass is 35.5. The first-order valence-corrected chi connectivity index (χ1v) is 8.03. The Bertz CT molecular complexity index is 612. The van der Waals surface area contributed by atoms with Gasteiger partial charge in [0.2, 0.25) is 5.91 Å². The number of carbonyl (C=O) groups is 1. The van der Waals surface area contributed by atoms with Gasteiger partial charge in [-0.1, -0.05) is 35.3 Å². The van der Waals surface area contributed by atoms with E-state index in [0.717, 1.165) is 11.3 Å². The molecule has 2 rings (SSSR count). The topological polar surface area (TPSA) is 52.3 Å². The maximum Gasteiger partial charge on any atom is 0.227 e. The lowest BCUT2D eigenvalue weighted by molar-refractivity contribution is -0.115. The summed E-state index contributed by atoms with van der Waals surface area (Å²) in [5, 5.41) is 1.05. The van der Waals surface area contributed by atoms with Gasteiger partial charge >= 0.3 is 0 Å². The quantitative estimate of drug-likeness (QED) is 0.841. The first kappa shape index (κ1) is 16.0. The van der Waals surface area contributed by atoms with Crippen LogP contribution in [0.4, 0.5) is 0 Å². The maximum atomic E-state index is 10.7. The Morgan fingerprint density at radius 2 is 1.67 bits per heavy atom. The van der Waals surface area contributed by atoms with E-state index in [1.54, 1.807) is 18.2 Å². The maximum absolute atomic E-state index is 10.7. The Hall–Kier alpha value is -1.36. The largest absolute Gasteiger partial charge is 0.457 e. The van der Waals surface area contributed by atoms with Gasteiger partial charge in [0.05, 0.1) is 5.75 Å². The van der Waals surface area contributed by atoms with E-state index < -0.39 is 0 Å². The number of halogens is 2. The average Bonchev–Trinajstić information content (AvgIpc) is 2.39. The zero-order valence-corrected chi connectivity index (χ0v) is 13.3. The van der Waals surface area contributed by atoms with Crippen LogP contribution in [0.1, 0.15) is 5.56 Å². The number of nitrogens with two attached hydrogens (primary N) is 1. The second kappa shape index (κ2) is 7.59. The van der Waals surface area contributed by atoms with Crippen molar-refractivity contribution < 1.29 is 9.53 Å². The Kier molecular flexibility index (Phi) is 5.79. The summed E-state index contributed by atoms with van der Waals surface area (Å²) in [6, 6.07) is 12.6. The molecule has 0 saturated heterocycles. The van der Waals surface area contributed by atoms with E-state index >= 15 is 0 Å². The van der Waals surface area contributed by atoms with E-state index in [9.17, 15) is 4.79 Å². The number of carbonyl (C=O) groups excluding carboxylic acids is 1. The number of hydrogen-bond acceptors (Lipinski definition) is 3. The fourth-order valence-electron chi connectivity index (χ4n) is 1.65. The van der Waals surface area contributed by atoms with Gasteiger partial charge in [0.25, 0.3) is 0 Å². The number of primary amides is 1. The number of amides is 1. The molecule has 2 N–H and O–H groups in total. The molecule has 0 aliphatic rings. The lowest BCUT2D eigenvalue weighted by atomic mass is 10.2. The first-order valence-electron chi connectivity index (χ1n) is 6.12. The first-order chi connectivity index (χ1) is 10.0. The molecule has 0 aromatic heterocycles. The van der Waals surface area contributed by atoms with Crippen molar-refractivity contribution in [3.05, 3.63) is 58.1 Å². The second-order valence-corrected chi connectivity index (χ2v) is 6.17. The van der Waals surface area contributed by atoms with Gasteiger partial charge in [-0.2, -0.15) is 0 Å². The number of ether oxygens (including phenoxy) is 1. The molecule has 0 fully saturated rings. The van der Waals surface area contributed by atoms with E-state index in [-0.39, 0.29) is 5.91 Å². The van der Waals surface area contributed by atoms with Crippen LogP contribution in [-0.4, -0.2) is 11.7 Å². The Balaban J connectivity index is 1.97. The van der Waals surface area contributed by atoms with Crippen molar-refractivity contribution in [3.8, 4) is 11.5 Å². The molecule has 0 unspecified atom stereocenters. The van der Waals surface area contributed by atoms with Crippen LogP contribution >= 0.6 is 35.0 Å². The molecule has 0 aliphatic carbocycles. The molecule has 110 valence electrons. The molecule has 0 radical (unpaired) electrons. The predicted molar refractivity (Wildman–Crippen MR) is 88.3 cm³/mol. The summed E-state index contributed by atoms with van der Waals surface area (Å²) in [6.45, 7) is 0. The molecule has 0 bridgehead atoms. The van der Waals surface area contributed by atoms with Crippen molar-refractivity contribution in [1.82, 2.24) is 0 Å². The van der Waals surface area contributed by atoms with Gasteiger partial charge in [0, 0.05) is 15.8 Å². The average molecular weight is 342 g/mol. The van der Waals surface area contributed by atoms with Crippen molar-refractivity contribution >= 4 is 40.9 Å². The molecule has 0 atom stereocenters. The Labute approximate surface area is 137 Å². The smallest absolute Gasteiger partial charge is 0.227 e. The molecular weight excluding hydrogens is 329 g/mol. The fourth-order valence-corrected chi connectivity index (χ4v) is 2.88. The van der Waals surface area contributed by atoms with Gasteiger partial charge in [-0.25, -0.2) is 0 Å². The molecule has 0 aliphatic heterocycles. The normalized spacial score (nSPS) is 10.4. The van der Waals surface area contributed by atoms with Gasteiger partial charge in [-0.15, -0.1) is 11.8 Å². The highest BCUT2D eigenvalue weighted by Gasteiger charge is 2.02. The molecule has 0 saturated carbocycles. The SMILES string of the molecule is NC(=O)CSCc1ccc(Oc2cc(Cl)cc(Cl)c2)cc1. The minimum atomic E-state index is -0.308. The van der Waals surface area contributed by atoms with Crippen molar-refractivity contribution in [3.63, 3.8) is 0 Å². The summed E-state index contributed by atoms with van der Waals surface area (Å²) in [5.41, 5.74) is 6.18. The van der Waals surface area contributed by atoms with Gasteiger partial charge < -0.3 is 10.5 Å². The van der Waals surface area contributed by atoms with E-state index in [1.807, 2.05) is 24.3 Å². The van der Waals surface area contributed by atoms with Crippen molar-refractivity contribution in [2.45, 2.75) is 5.75 Å². The number of rotatable bonds is 6. The van der Waals surface area contributed by atoms with E-state index in [1.165, 1.54) is 11.8 Å². The molecule has 21 heavy (non-hydrogen) atoms. The molecule has 2 aromatic rings. The number of benzene rings is 2. The van der Waals surface area contributed by atoms with E-state index in [0.29, 0.717) is 27.3 Å². The van der Waals surface area contributed by atoms with Crippen LogP contribution < -0.4 is 10.5 Å². The summed E-state index contributed by atoms with van der Waals surface area (Å²) < 4.78 is 5.69. The standard InChI is InChI=1S/C15H13Cl2NO2S/c16-11-5-12(17)7-14(6-11)20-13-3-1-10(2-4-13)8-21-9-15(18)19/h1-7H,8-9H2,(H2,18,19). The molecule has 0 spiro atoms. The summed E-state index contributed by atoms with van der Waals surface area (Å²) >= 11 is 13.3. The van der Waals surface area contributed by atoms with Crippen LogP contribution in [0.15, 0.2) is 42.5 Å². The van der Waals surface area contributed by atoms with Crippen molar-refractivity contribution in [2.24, 2.45) is 5.73 Å². The fraction of sp³-hybridized carbons (Fsp3) is 0.133. The van der Waals surface area contributed by atoms with Crippen LogP contribution in [-0.2, 0) is 10.5 Å². The Morgan fingerprint density at radius 1 is 1.05 bits per heavy atom. The van der Waals surface area contributed by atoms with Gasteiger partial charge in [0.1, 0.15) is 11.5 Å². The van der Waals surface area contributed by atoms with Gasteiger partial charge in [0.15, 0.2) is 0 Å². The van der Waals surface area contributed by atoms with Crippen LogP contribution in [0, 0.1) is 0 Å². The monoisotopic (exact) mass is 341 g/mol. The third kappa shape index (κ3) is 5.50. The lowest BCUT2D eigenvalue weighted by Gasteiger charge is -2.07. The lowest BCUT2D eigenvalue weighted by Crippen LogP contribution is -2.13. The van der Waals surface area contributed by atoms with E-state index in [4.69, 9.17) is 33.7 Å². The zero-order chi connectivity index (χ0) is 15.2. The van der Waals surface area contributed by atoms with Crippen LogP contribution in [0.2, 0.25) is 10.0 Å². The minimum Gasteiger partial charge on any atom is -0.457 e. The van der Waals surface area contributed by atoms with Crippen LogP contribution in [0.3, 0.4) is 0 Å². The molecule has 1 amide bonds. The highest BCUT2D eigenvalue weighted by molar-refractivity contribution is 7.99. The third-order valence-electron chi connectivity index (χ3n) is 2.51. The minimum absolute atomic E-state index is 0.308. The van der Waals surface area contributed by atoms with Gasteiger partial charge in [-0.05, 0) is 35.9 Å². The van der Waals surface area contributed by atoms with Gasteiger partial charge in [-0.3, -0.25) is 4.79 Å². The highest BCUT2D eigenvalue weighted by Crippen LogP contribution is 2.28. The van der Waals surface area contributed by atoms with Crippen LogP contribution in [0.5, 0.6) is 11.5 Å².